The highest BCUT2D eigenvalue weighted by Crippen LogP contribution is 2.67. The van der Waals surface area contributed by atoms with Crippen molar-refractivity contribution in [2.75, 3.05) is 27.3 Å². The fourth-order valence-corrected chi connectivity index (χ4v) is 7.26. The smallest absolute Gasteiger partial charge is 0.320 e. The van der Waals surface area contributed by atoms with E-state index in [2.05, 4.69) is 19.9 Å². The average Bonchev–Trinajstić information content (AvgIpc) is 3.07. The number of rotatable bonds is 8. The monoisotopic (exact) mass is 610 g/mol. The number of hydrogen-bond acceptors (Lipinski definition) is 12. The Kier molecular flexibility index (Phi) is 8.14. The second-order valence-corrected chi connectivity index (χ2v) is 11.4. The topological polar surface area (TPSA) is 151 Å². The SMILES string of the molecule is COC(=O)C12CN(Cc3ccccn3)CC(C(=O)OC)(C(c3ccccn3)N(Cc3ccccn3)C1c1ccccn1)C2(O)O. The zero-order valence-electron chi connectivity index (χ0n) is 24.9. The number of pyridine rings is 4. The Balaban J connectivity index is 1.70. The molecule has 4 atom stereocenters. The molecule has 12 nitrogen and oxygen atoms in total. The van der Waals surface area contributed by atoms with Crippen molar-refractivity contribution in [1.29, 1.82) is 0 Å². The summed E-state index contributed by atoms with van der Waals surface area (Å²) in [6, 6.07) is 19.0. The number of carbonyl (C=O) groups is 2. The maximum atomic E-state index is 14.4. The van der Waals surface area contributed by atoms with Crippen LogP contribution in [0.3, 0.4) is 0 Å². The van der Waals surface area contributed by atoms with Gasteiger partial charge in [-0.05, 0) is 48.5 Å². The fourth-order valence-electron chi connectivity index (χ4n) is 7.26. The number of nitrogens with zero attached hydrogens (tertiary/aromatic N) is 6. The first-order chi connectivity index (χ1) is 21.8. The second kappa shape index (κ2) is 12.1. The molecule has 0 aliphatic carbocycles. The van der Waals surface area contributed by atoms with Gasteiger partial charge in [-0.1, -0.05) is 24.3 Å². The quantitative estimate of drug-likeness (QED) is 0.222. The van der Waals surface area contributed by atoms with E-state index < -0.39 is 40.6 Å². The Morgan fingerprint density at radius 1 is 0.689 bits per heavy atom. The molecule has 0 amide bonds. The molecule has 4 unspecified atom stereocenters. The molecule has 45 heavy (non-hydrogen) atoms. The van der Waals surface area contributed by atoms with E-state index in [1.165, 1.54) is 14.2 Å². The number of likely N-dealkylation sites (tertiary alicyclic amines) is 2. The van der Waals surface area contributed by atoms with Gasteiger partial charge >= 0.3 is 11.9 Å². The third kappa shape index (κ3) is 4.77. The Morgan fingerprint density at radius 2 is 1.11 bits per heavy atom. The van der Waals surface area contributed by atoms with E-state index in [1.54, 1.807) is 73.3 Å². The van der Waals surface area contributed by atoms with Gasteiger partial charge in [0.1, 0.15) is 0 Å². The van der Waals surface area contributed by atoms with E-state index in [0.29, 0.717) is 22.8 Å². The van der Waals surface area contributed by atoms with E-state index in [1.807, 2.05) is 34.1 Å². The summed E-state index contributed by atoms with van der Waals surface area (Å²) in [7, 11) is 2.38. The van der Waals surface area contributed by atoms with Gasteiger partial charge in [-0.2, -0.15) is 0 Å². The van der Waals surface area contributed by atoms with E-state index in [4.69, 9.17) is 9.47 Å². The molecule has 0 saturated carbocycles. The van der Waals surface area contributed by atoms with Crippen molar-refractivity contribution in [2.45, 2.75) is 31.0 Å². The summed E-state index contributed by atoms with van der Waals surface area (Å²) in [5.74, 6) is -4.87. The number of methoxy groups -OCH3 is 2. The molecule has 0 spiro atoms. The first-order valence-electron chi connectivity index (χ1n) is 14.5. The van der Waals surface area contributed by atoms with Crippen molar-refractivity contribution < 1.29 is 29.3 Å². The zero-order chi connectivity index (χ0) is 31.7. The molecular formula is C33H34N6O6. The number of fused-ring (bicyclic) bond motifs is 2. The summed E-state index contributed by atoms with van der Waals surface area (Å²) < 4.78 is 10.8. The standard InChI is InChI=1S/C33H34N6O6/c1-44-29(40)31-21-38(19-23-11-3-7-15-34-23)22-32(30(41)45-2,33(31,42)43)28(26-14-6-10-18-37-26)39(20-24-12-4-8-16-35-24)27(31)25-13-5-9-17-36-25/h3-18,27-28,42-43H,19-22H2,1-2H3. The highest BCUT2D eigenvalue weighted by molar-refractivity contribution is 5.87. The summed E-state index contributed by atoms with van der Waals surface area (Å²) in [6.07, 6.45) is 6.44. The van der Waals surface area contributed by atoms with Gasteiger partial charge in [-0.15, -0.1) is 0 Å². The normalized spacial score (nSPS) is 26.1. The number of aromatic nitrogens is 4. The van der Waals surface area contributed by atoms with Crippen LogP contribution in [0.4, 0.5) is 0 Å². The Hall–Kier alpha value is -4.62. The minimum absolute atomic E-state index is 0.0944. The number of piperidine rings is 2. The molecule has 0 radical (unpaired) electrons. The third-order valence-corrected chi connectivity index (χ3v) is 9.00. The molecular weight excluding hydrogens is 576 g/mol. The minimum atomic E-state index is -3.02. The summed E-state index contributed by atoms with van der Waals surface area (Å²) in [4.78, 5) is 50.7. The van der Waals surface area contributed by atoms with E-state index in [-0.39, 0.29) is 26.2 Å². The molecule has 4 aromatic rings. The Morgan fingerprint density at radius 3 is 1.49 bits per heavy atom. The number of esters is 2. The van der Waals surface area contributed by atoms with Crippen LogP contribution < -0.4 is 0 Å². The van der Waals surface area contributed by atoms with Crippen LogP contribution in [-0.2, 0) is 32.2 Å². The second-order valence-electron chi connectivity index (χ2n) is 11.4. The molecule has 2 N–H and O–H groups in total. The van der Waals surface area contributed by atoms with Crippen molar-refractivity contribution >= 4 is 11.9 Å². The highest BCUT2D eigenvalue weighted by atomic mass is 16.6. The number of aliphatic hydroxyl groups is 2. The van der Waals surface area contributed by atoms with Gasteiger partial charge in [0, 0.05) is 51.0 Å². The van der Waals surface area contributed by atoms with Crippen LogP contribution in [-0.4, -0.2) is 85.0 Å². The lowest BCUT2D eigenvalue weighted by molar-refractivity contribution is -0.379. The molecule has 2 aliphatic heterocycles. The molecule has 6 rings (SSSR count). The van der Waals surface area contributed by atoms with Gasteiger partial charge in [0.05, 0.1) is 49.1 Å². The van der Waals surface area contributed by atoms with Gasteiger partial charge in [-0.3, -0.25) is 39.3 Å². The molecule has 232 valence electrons. The van der Waals surface area contributed by atoms with Gasteiger partial charge in [0.2, 0.25) is 5.79 Å². The maximum absolute atomic E-state index is 14.4. The molecule has 2 fully saturated rings. The molecule has 6 heterocycles. The molecule has 2 saturated heterocycles. The van der Waals surface area contributed by atoms with Crippen molar-refractivity contribution in [2.24, 2.45) is 10.8 Å². The van der Waals surface area contributed by atoms with Crippen LogP contribution >= 0.6 is 0 Å². The molecule has 4 aromatic heterocycles. The van der Waals surface area contributed by atoms with Crippen LogP contribution in [0.1, 0.15) is 34.9 Å². The fraction of sp³-hybridized carbons (Fsp3) is 0.333. The third-order valence-electron chi connectivity index (χ3n) is 9.00. The molecule has 2 bridgehead atoms. The number of hydrogen-bond donors (Lipinski definition) is 2. The summed E-state index contributed by atoms with van der Waals surface area (Å²) in [5.41, 5.74) is -2.36. The summed E-state index contributed by atoms with van der Waals surface area (Å²) in [5, 5.41) is 25.4. The lowest BCUT2D eigenvalue weighted by Gasteiger charge is -2.67. The van der Waals surface area contributed by atoms with Gasteiger partial charge < -0.3 is 19.7 Å². The highest BCUT2D eigenvalue weighted by Gasteiger charge is 2.83. The first kappa shape index (κ1) is 30.4. The lowest BCUT2D eigenvalue weighted by atomic mass is 9.51. The van der Waals surface area contributed by atoms with E-state index >= 15 is 0 Å². The molecule has 12 heteroatoms. The zero-order valence-corrected chi connectivity index (χ0v) is 24.9. The van der Waals surface area contributed by atoms with Crippen LogP contribution in [0.25, 0.3) is 0 Å². The van der Waals surface area contributed by atoms with Crippen molar-refractivity contribution in [1.82, 2.24) is 29.7 Å². The maximum Gasteiger partial charge on any atom is 0.320 e. The van der Waals surface area contributed by atoms with Crippen LogP contribution in [0.5, 0.6) is 0 Å². The van der Waals surface area contributed by atoms with E-state index in [0.717, 1.165) is 0 Å². The lowest BCUT2D eigenvalue weighted by Crippen LogP contribution is -2.83. The largest absolute Gasteiger partial charge is 0.468 e. The Bertz CT molecular complexity index is 1550. The van der Waals surface area contributed by atoms with E-state index in [9.17, 15) is 19.8 Å². The van der Waals surface area contributed by atoms with Crippen molar-refractivity contribution in [3.63, 3.8) is 0 Å². The van der Waals surface area contributed by atoms with Crippen molar-refractivity contribution in [3.8, 4) is 0 Å². The summed E-state index contributed by atoms with van der Waals surface area (Å²) in [6.45, 7) is -0.135. The predicted octanol–water partition coefficient (Wildman–Crippen LogP) is 2.08. The Labute approximate surface area is 260 Å². The van der Waals surface area contributed by atoms with Crippen LogP contribution in [0.2, 0.25) is 0 Å². The predicted molar refractivity (Wildman–Crippen MR) is 159 cm³/mol. The molecule has 2 aliphatic rings. The molecule has 0 aromatic carbocycles. The van der Waals surface area contributed by atoms with Crippen molar-refractivity contribution in [3.05, 3.63) is 120 Å². The van der Waals surface area contributed by atoms with Gasteiger partial charge in [0.25, 0.3) is 0 Å². The number of ether oxygens (including phenoxy) is 2. The van der Waals surface area contributed by atoms with Crippen LogP contribution in [0, 0.1) is 10.8 Å². The minimum Gasteiger partial charge on any atom is -0.468 e. The summed E-state index contributed by atoms with van der Waals surface area (Å²) >= 11 is 0. The number of carbonyl (C=O) groups excluding carboxylic acids is 2. The van der Waals surface area contributed by atoms with Crippen LogP contribution in [0.15, 0.2) is 97.6 Å². The van der Waals surface area contributed by atoms with Gasteiger partial charge in [-0.25, -0.2) is 0 Å². The van der Waals surface area contributed by atoms with Gasteiger partial charge in [0.15, 0.2) is 10.8 Å². The first-order valence-corrected chi connectivity index (χ1v) is 14.5. The average molecular weight is 611 g/mol.